The zero-order chi connectivity index (χ0) is 16.7. The Hall–Kier alpha value is -2.70. The van der Waals surface area contributed by atoms with Gasteiger partial charge in [0.1, 0.15) is 6.79 Å². The second-order valence-corrected chi connectivity index (χ2v) is 5.48. The van der Waals surface area contributed by atoms with E-state index in [0.717, 1.165) is 0 Å². The van der Waals surface area contributed by atoms with Crippen LogP contribution in [0.15, 0.2) is 30.3 Å². The highest BCUT2D eigenvalue weighted by Crippen LogP contribution is 2.44. The Balaban J connectivity index is 1.91. The summed E-state index contributed by atoms with van der Waals surface area (Å²) in [5.74, 6) is 0.323. The van der Waals surface area contributed by atoms with Gasteiger partial charge >= 0.3 is 0 Å². The largest absolute Gasteiger partial charge is 0.454 e. The van der Waals surface area contributed by atoms with Gasteiger partial charge in [-0.25, -0.2) is 0 Å². The predicted molar refractivity (Wildman–Crippen MR) is 82.5 cm³/mol. The third-order valence-electron chi connectivity index (χ3n) is 4.07. The molecular weight excluding hydrogens is 312 g/mol. The maximum absolute atomic E-state index is 13.0. The Morgan fingerprint density at radius 2 is 1.75 bits per heavy atom. The number of rotatable bonds is 4. The first-order chi connectivity index (χ1) is 11.7. The lowest BCUT2D eigenvalue weighted by atomic mass is 9.81. The molecule has 1 aliphatic heterocycles. The quantitative estimate of drug-likeness (QED) is 0.541. The minimum atomic E-state index is -0.240. The van der Waals surface area contributed by atoms with Crippen LogP contribution in [0.4, 0.5) is 0 Å². The van der Waals surface area contributed by atoms with Crippen molar-refractivity contribution in [3.8, 4) is 11.5 Å². The van der Waals surface area contributed by atoms with Crippen LogP contribution in [0.3, 0.4) is 0 Å². The molecule has 1 aliphatic carbocycles. The number of carbonyl (C=O) groups excluding carboxylic acids is 2. The molecule has 0 bridgehead atoms. The summed E-state index contributed by atoms with van der Waals surface area (Å²) in [7, 11) is 1.51. The van der Waals surface area contributed by atoms with Gasteiger partial charge in [0, 0.05) is 23.8 Å². The van der Waals surface area contributed by atoms with Crippen molar-refractivity contribution < 1.29 is 28.5 Å². The van der Waals surface area contributed by atoms with Gasteiger partial charge in [-0.05, 0) is 11.6 Å². The van der Waals surface area contributed by atoms with Gasteiger partial charge in [0.2, 0.25) is 6.79 Å². The van der Waals surface area contributed by atoms with E-state index in [-0.39, 0.29) is 37.3 Å². The molecule has 1 heterocycles. The normalized spacial score (nSPS) is 14.5. The Bertz CT molecular complexity index is 855. The van der Waals surface area contributed by atoms with E-state index in [0.29, 0.717) is 33.8 Å². The highest BCUT2D eigenvalue weighted by Gasteiger charge is 2.37. The van der Waals surface area contributed by atoms with Crippen LogP contribution in [0.2, 0.25) is 0 Å². The Morgan fingerprint density at radius 1 is 1.04 bits per heavy atom. The van der Waals surface area contributed by atoms with E-state index in [4.69, 9.17) is 18.9 Å². The second-order valence-electron chi connectivity index (χ2n) is 5.48. The van der Waals surface area contributed by atoms with Crippen molar-refractivity contribution in [2.75, 3.05) is 20.7 Å². The molecule has 24 heavy (non-hydrogen) atoms. The van der Waals surface area contributed by atoms with Gasteiger partial charge in [0.25, 0.3) is 0 Å². The lowest BCUT2D eigenvalue weighted by Gasteiger charge is -2.21. The standard InChI is InChI=1S/C18H14O6/c1-21-8-22-7-10-6-13-18(24-9-23-13)15-14(10)16(19)11-4-2-3-5-12(11)17(15)20/h2-6H,7-9H2,1H3. The molecule has 2 aliphatic rings. The van der Waals surface area contributed by atoms with E-state index in [1.165, 1.54) is 7.11 Å². The van der Waals surface area contributed by atoms with E-state index in [1.807, 2.05) is 0 Å². The van der Waals surface area contributed by atoms with E-state index in [1.54, 1.807) is 30.3 Å². The molecule has 0 fully saturated rings. The predicted octanol–water partition coefficient (Wildman–Crippen LogP) is 2.31. The lowest BCUT2D eigenvalue weighted by molar-refractivity contribution is -0.0392. The zero-order valence-electron chi connectivity index (χ0n) is 13.0. The van der Waals surface area contributed by atoms with Crippen molar-refractivity contribution in [1.29, 1.82) is 0 Å². The van der Waals surface area contributed by atoms with Gasteiger partial charge in [-0.2, -0.15) is 0 Å². The molecule has 2 aromatic carbocycles. The molecule has 0 spiro atoms. The fraction of sp³-hybridized carbons (Fsp3) is 0.222. The fourth-order valence-corrected chi connectivity index (χ4v) is 3.07. The number of methoxy groups -OCH3 is 1. The topological polar surface area (TPSA) is 71.1 Å². The zero-order valence-corrected chi connectivity index (χ0v) is 13.0. The summed E-state index contributed by atoms with van der Waals surface area (Å²) < 4.78 is 21.1. The van der Waals surface area contributed by atoms with Crippen LogP contribution in [0.1, 0.15) is 37.4 Å². The molecular formula is C18H14O6. The number of hydrogen-bond acceptors (Lipinski definition) is 6. The van der Waals surface area contributed by atoms with Crippen molar-refractivity contribution >= 4 is 11.6 Å². The van der Waals surface area contributed by atoms with Crippen molar-refractivity contribution in [2.45, 2.75) is 6.61 Å². The fourth-order valence-electron chi connectivity index (χ4n) is 3.07. The molecule has 122 valence electrons. The average molecular weight is 326 g/mol. The smallest absolute Gasteiger partial charge is 0.231 e. The Morgan fingerprint density at radius 3 is 2.46 bits per heavy atom. The molecule has 0 N–H and O–H groups in total. The van der Waals surface area contributed by atoms with Crippen molar-refractivity contribution in [2.24, 2.45) is 0 Å². The number of carbonyl (C=O) groups is 2. The first-order valence-corrected chi connectivity index (χ1v) is 7.43. The molecule has 2 aromatic rings. The minimum absolute atomic E-state index is 0.0211. The third-order valence-corrected chi connectivity index (χ3v) is 4.07. The summed E-state index contributed by atoms with van der Waals surface area (Å²) in [6.07, 6.45) is 0. The Kier molecular flexibility index (Phi) is 3.55. The van der Waals surface area contributed by atoms with Crippen molar-refractivity contribution in [1.82, 2.24) is 0 Å². The van der Waals surface area contributed by atoms with Gasteiger partial charge in [-0.3, -0.25) is 9.59 Å². The minimum Gasteiger partial charge on any atom is -0.454 e. The van der Waals surface area contributed by atoms with Crippen LogP contribution in [0.5, 0.6) is 11.5 Å². The molecule has 4 rings (SSSR count). The molecule has 6 heteroatoms. The number of benzene rings is 2. The van der Waals surface area contributed by atoms with Crippen molar-refractivity contribution in [3.63, 3.8) is 0 Å². The van der Waals surface area contributed by atoms with Crippen LogP contribution in [0, 0.1) is 0 Å². The highest BCUT2D eigenvalue weighted by molar-refractivity contribution is 6.30. The molecule has 0 saturated heterocycles. The maximum atomic E-state index is 13.0. The first kappa shape index (κ1) is 14.9. The second kappa shape index (κ2) is 5.74. The van der Waals surface area contributed by atoms with E-state index < -0.39 is 0 Å². The molecule has 0 saturated carbocycles. The van der Waals surface area contributed by atoms with E-state index in [2.05, 4.69) is 0 Å². The van der Waals surface area contributed by atoms with Gasteiger partial charge in [0.15, 0.2) is 23.1 Å². The van der Waals surface area contributed by atoms with E-state index in [9.17, 15) is 9.59 Å². The molecule has 0 atom stereocenters. The summed E-state index contributed by atoms with van der Waals surface area (Å²) in [5.41, 5.74) is 1.92. The van der Waals surface area contributed by atoms with Crippen LogP contribution in [-0.4, -0.2) is 32.3 Å². The van der Waals surface area contributed by atoms with E-state index >= 15 is 0 Å². The maximum Gasteiger partial charge on any atom is 0.231 e. The summed E-state index contributed by atoms with van der Waals surface area (Å²) in [6, 6.07) is 8.47. The Labute approximate surface area is 137 Å². The van der Waals surface area contributed by atoms with Crippen LogP contribution in [-0.2, 0) is 16.1 Å². The first-order valence-electron chi connectivity index (χ1n) is 7.43. The molecule has 0 unspecified atom stereocenters. The number of fused-ring (bicyclic) bond motifs is 4. The van der Waals surface area contributed by atoms with Gasteiger partial charge < -0.3 is 18.9 Å². The average Bonchev–Trinajstić information content (AvgIpc) is 3.07. The van der Waals surface area contributed by atoms with Crippen molar-refractivity contribution in [3.05, 3.63) is 58.1 Å². The summed E-state index contributed by atoms with van der Waals surface area (Å²) in [6.45, 7) is 0.239. The van der Waals surface area contributed by atoms with Crippen LogP contribution >= 0.6 is 0 Å². The monoisotopic (exact) mass is 326 g/mol. The van der Waals surface area contributed by atoms with Gasteiger partial charge in [-0.1, -0.05) is 24.3 Å². The molecule has 0 aromatic heterocycles. The van der Waals surface area contributed by atoms with Crippen LogP contribution in [0.25, 0.3) is 0 Å². The molecule has 6 nitrogen and oxygen atoms in total. The summed E-state index contributed by atoms with van der Waals surface area (Å²) in [4.78, 5) is 25.9. The van der Waals surface area contributed by atoms with Crippen LogP contribution < -0.4 is 9.47 Å². The van der Waals surface area contributed by atoms with Gasteiger partial charge in [0.05, 0.1) is 12.2 Å². The summed E-state index contributed by atoms with van der Waals surface area (Å²) in [5, 5.41) is 0. The summed E-state index contributed by atoms with van der Waals surface area (Å²) >= 11 is 0. The third kappa shape index (κ3) is 2.11. The number of hydrogen-bond donors (Lipinski definition) is 0. The number of ether oxygens (including phenoxy) is 4. The lowest BCUT2D eigenvalue weighted by Crippen LogP contribution is -2.23. The highest BCUT2D eigenvalue weighted by atomic mass is 16.7. The SMILES string of the molecule is COCOCc1cc2c(c3c1C(=O)c1ccccc1C3=O)OCO2. The molecule has 0 amide bonds. The molecule has 0 radical (unpaired) electrons. The van der Waals surface area contributed by atoms with Gasteiger partial charge in [-0.15, -0.1) is 0 Å². The number of ketones is 2.